The van der Waals surface area contributed by atoms with E-state index in [9.17, 15) is 13.2 Å². The van der Waals surface area contributed by atoms with Crippen LogP contribution in [0.4, 0.5) is 5.69 Å². The maximum absolute atomic E-state index is 13.1. The van der Waals surface area contributed by atoms with Crippen molar-refractivity contribution in [2.24, 2.45) is 5.92 Å². The minimum absolute atomic E-state index is 0.00666. The molecule has 0 fully saturated rings. The molecule has 29 heavy (non-hydrogen) atoms. The molecule has 2 aromatic carbocycles. The monoisotopic (exact) mass is 416 g/mol. The highest BCUT2D eigenvalue weighted by molar-refractivity contribution is 7.89. The summed E-state index contributed by atoms with van der Waals surface area (Å²) < 4.78 is 40.4. The summed E-state index contributed by atoms with van der Waals surface area (Å²) >= 11 is 0. The third kappa shape index (κ3) is 4.09. The van der Waals surface area contributed by atoms with E-state index in [1.165, 1.54) is 6.07 Å². The molecule has 1 amide bonds. The number of anilines is 1. The fraction of sp³-hybridized carbons (Fsp3) is 0.381. The molecular weight excluding hydrogens is 392 g/mol. The van der Waals surface area contributed by atoms with Gasteiger partial charge in [0.25, 0.3) is 0 Å². The van der Waals surface area contributed by atoms with Gasteiger partial charge in [-0.25, -0.2) is 13.1 Å². The average Bonchev–Trinajstić information content (AvgIpc) is 2.89. The molecule has 0 bridgehead atoms. The second-order valence-corrected chi connectivity index (χ2v) is 9.36. The van der Waals surface area contributed by atoms with Gasteiger partial charge in [0.2, 0.25) is 15.9 Å². The summed E-state index contributed by atoms with van der Waals surface area (Å²) in [6.45, 7) is 5.08. The van der Waals surface area contributed by atoms with Crippen molar-refractivity contribution in [1.82, 2.24) is 4.72 Å². The Labute approximate surface area is 170 Å². The molecule has 154 valence electrons. The van der Waals surface area contributed by atoms with Gasteiger partial charge in [0.15, 0.2) is 11.5 Å². The highest BCUT2D eigenvalue weighted by Crippen LogP contribution is 2.35. The molecule has 0 spiro atoms. The summed E-state index contributed by atoms with van der Waals surface area (Å²) in [6.07, 6.45) is 0.994. The molecule has 7 nitrogen and oxygen atoms in total. The lowest BCUT2D eigenvalue weighted by atomic mass is 9.97. The number of rotatable bonds is 5. The number of ether oxygens (including phenoxy) is 2. The Morgan fingerprint density at radius 3 is 2.55 bits per heavy atom. The van der Waals surface area contributed by atoms with Gasteiger partial charge in [-0.05, 0) is 47.4 Å². The number of fused-ring (bicyclic) bond motifs is 2. The molecule has 2 aliphatic rings. The minimum atomic E-state index is -3.78. The molecule has 2 heterocycles. The summed E-state index contributed by atoms with van der Waals surface area (Å²) in [6, 6.07) is 9.80. The maximum Gasteiger partial charge on any atom is 0.241 e. The van der Waals surface area contributed by atoms with Gasteiger partial charge in [-0.1, -0.05) is 19.9 Å². The van der Waals surface area contributed by atoms with Crippen LogP contribution in [0.5, 0.6) is 11.5 Å². The normalized spacial score (nSPS) is 16.9. The van der Waals surface area contributed by atoms with Gasteiger partial charge in [-0.2, -0.15) is 0 Å². The first kappa shape index (κ1) is 19.7. The lowest BCUT2D eigenvalue weighted by molar-refractivity contribution is -0.115. The molecule has 0 saturated carbocycles. The number of benzene rings is 2. The number of carbonyl (C=O) groups is 1. The van der Waals surface area contributed by atoms with Crippen molar-refractivity contribution < 1.29 is 22.7 Å². The molecule has 1 atom stereocenters. The molecule has 8 heteroatoms. The Bertz CT molecular complexity index is 1050. The van der Waals surface area contributed by atoms with Crippen LogP contribution in [0.3, 0.4) is 0 Å². The molecule has 2 aliphatic heterocycles. The zero-order valence-electron chi connectivity index (χ0n) is 16.4. The molecule has 2 N–H and O–H groups in total. The summed E-state index contributed by atoms with van der Waals surface area (Å²) in [7, 11) is -3.78. The number of nitrogens with one attached hydrogen (secondary N) is 2. The summed E-state index contributed by atoms with van der Waals surface area (Å²) in [5.41, 5.74) is 2.16. The first-order chi connectivity index (χ1) is 13.8. The van der Waals surface area contributed by atoms with Crippen LogP contribution >= 0.6 is 0 Å². The van der Waals surface area contributed by atoms with E-state index in [0.717, 1.165) is 12.0 Å². The summed E-state index contributed by atoms with van der Waals surface area (Å²) in [5.74, 6) is 1.18. The van der Waals surface area contributed by atoms with Crippen molar-refractivity contribution in [2.75, 3.05) is 18.5 Å². The van der Waals surface area contributed by atoms with E-state index in [1.807, 2.05) is 32.0 Å². The molecule has 2 aromatic rings. The van der Waals surface area contributed by atoms with E-state index < -0.39 is 16.1 Å². The Morgan fingerprint density at radius 1 is 1.03 bits per heavy atom. The van der Waals surface area contributed by atoms with E-state index in [-0.39, 0.29) is 23.1 Å². The highest BCUT2D eigenvalue weighted by atomic mass is 32.2. The van der Waals surface area contributed by atoms with Crippen molar-refractivity contribution in [3.8, 4) is 11.5 Å². The van der Waals surface area contributed by atoms with Gasteiger partial charge in [0, 0.05) is 18.2 Å². The van der Waals surface area contributed by atoms with Crippen molar-refractivity contribution in [3.63, 3.8) is 0 Å². The Kier molecular flexibility index (Phi) is 5.23. The molecule has 0 radical (unpaired) electrons. The number of hydrogen-bond donors (Lipinski definition) is 2. The molecule has 0 saturated heterocycles. The lowest BCUT2D eigenvalue weighted by Gasteiger charge is -2.24. The van der Waals surface area contributed by atoms with Crippen LogP contribution in [0.1, 0.15) is 37.4 Å². The molecular formula is C21H24N2O5S. The van der Waals surface area contributed by atoms with Crippen LogP contribution in [0.2, 0.25) is 0 Å². The molecule has 0 aromatic heterocycles. The number of carbonyl (C=O) groups excluding carboxylic acids is 1. The van der Waals surface area contributed by atoms with Crippen molar-refractivity contribution >= 4 is 21.6 Å². The Balaban J connectivity index is 1.62. The number of sulfonamides is 1. The van der Waals surface area contributed by atoms with Gasteiger partial charge in [-0.15, -0.1) is 0 Å². The first-order valence-corrected chi connectivity index (χ1v) is 11.2. The topological polar surface area (TPSA) is 93.7 Å². The summed E-state index contributed by atoms with van der Waals surface area (Å²) in [4.78, 5) is 11.7. The van der Waals surface area contributed by atoms with Crippen LogP contribution < -0.4 is 19.5 Å². The third-order valence-electron chi connectivity index (χ3n) is 5.09. The van der Waals surface area contributed by atoms with Crippen LogP contribution in [0.25, 0.3) is 0 Å². The van der Waals surface area contributed by atoms with E-state index in [0.29, 0.717) is 36.0 Å². The largest absolute Gasteiger partial charge is 0.490 e. The van der Waals surface area contributed by atoms with Crippen LogP contribution in [0.15, 0.2) is 41.3 Å². The van der Waals surface area contributed by atoms with Gasteiger partial charge in [-0.3, -0.25) is 4.79 Å². The Morgan fingerprint density at radius 2 is 1.79 bits per heavy atom. The smallest absolute Gasteiger partial charge is 0.241 e. The zero-order chi connectivity index (χ0) is 20.6. The quantitative estimate of drug-likeness (QED) is 0.782. The number of hydrogen-bond acceptors (Lipinski definition) is 5. The lowest BCUT2D eigenvalue weighted by Crippen LogP contribution is -2.32. The van der Waals surface area contributed by atoms with E-state index in [2.05, 4.69) is 10.0 Å². The van der Waals surface area contributed by atoms with E-state index >= 15 is 0 Å². The molecule has 4 rings (SSSR count). The number of amides is 1. The van der Waals surface area contributed by atoms with Gasteiger partial charge in [0.1, 0.15) is 0 Å². The third-order valence-corrected chi connectivity index (χ3v) is 6.53. The minimum Gasteiger partial charge on any atom is -0.490 e. The standard InChI is InChI=1S/C21H24N2O5S/c1-13(2)21(14-4-7-18-19(11-14)28-9-3-8-27-18)23-29(25,26)16-5-6-17-15(10-16)12-20(24)22-17/h4-7,10-11,13,21,23H,3,8-9,12H2,1-2H3,(H,22,24). The maximum atomic E-state index is 13.1. The second kappa shape index (κ2) is 7.68. The second-order valence-electron chi connectivity index (χ2n) is 7.64. The molecule has 1 unspecified atom stereocenters. The van der Waals surface area contributed by atoms with E-state index in [1.54, 1.807) is 12.1 Å². The first-order valence-electron chi connectivity index (χ1n) is 9.68. The van der Waals surface area contributed by atoms with E-state index in [4.69, 9.17) is 9.47 Å². The SMILES string of the molecule is CC(C)C(NS(=O)(=O)c1ccc2c(c1)CC(=O)N2)c1ccc2c(c1)OCCCO2. The fourth-order valence-corrected chi connectivity index (χ4v) is 4.99. The fourth-order valence-electron chi connectivity index (χ4n) is 3.57. The van der Waals surface area contributed by atoms with Gasteiger partial charge < -0.3 is 14.8 Å². The average molecular weight is 416 g/mol. The predicted molar refractivity (Wildman–Crippen MR) is 109 cm³/mol. The zero-order valence-corrected chi connectivity index (χ0v) is 17.2. The highest BCUT2D eigenvalue weighted by Gasteiger charge is 2.27. The Hall–Kier alpha value is -2.58. The van der Waals surface area contributed by atoms with Crippen molar-refractivity contribution in [2.45, 2.75) is 37.6 Å². The van der Waals surface area contributed by atoms with Gasteiger partial charge in [0.05, 0.1) is 24.5 Å². The van der Waals surface area contributed by atoms with Crippen LogP contribution in [-0.2, 0) is 21.2 Å². The molecule has 0 aliphatic carbocycles. The van der Waals surface area contributed by atoms with Crippen molar-refractivity contribution in [3.05, 3.63) is 47.5 Å². The van der Waals surface area contributed by atoms with Gasteiger partial charge >= 0.3 is 0 Å². The van der Waals surface area contributed by atoms with Crippen LogP contribution in [-0.4, -0.2) is 27.5 Å². The summed E-state index contributed by atoms with van der Waals surface area (Å²) in [5, 5.41) is 2.72. The van der Waals surface area contributed by atoms with Crippen LogP contribution in [0, 0.1) is 5.92 Å². The predicted octanol–water partition coefficient (Wildman–Crippen LogP) is 3.02. The van der Waals surface area contributed by atoms with Crippen molar-refractivity contribution in [1.29, 1.82) is 0 Å².